The van der Waals surface area contributed by atoms with Gasteiger partial charge in [-0.2, -0.15) is 0 Å². The maximum Gasteiger partial charge on any atom is 0.407 e. The van der Waals surface area contributed by atoms with E-state index in [1.54, 1.807) is 62.3 Å². The van der Waals surface area contributed by atoms with Crippen molar-refractivity contribution >= 4 is 34.8 Å². The molecule has 2 N–H and O–H groups in total. The minimum absolute atomic E-state index is 0.0246. The summed E-state index contributed by atoms with van der Waals surface area (Å²) in [6.45, 7) is 16.2. The Balaban J connectivity index is 2.51. The fraction of sp³-hybridized carbons (Fsp3) is 0.583. The molecule has 1 aromatic rings. The van der Waals surface area contributed by atoms with Crippen molar-refractivity contribution in [1.29, 1.82) is 0 Å². The molecule has 0 aromatic heterocycles. The number of hydrogen-bond donors (Lipinski definition) is 2. The van der Waals surface area contributed by atoms with Gasteiger partial charge >= 0.3 is 6.09 Å². The van der Waals surface area contributed by atoms with Gasteiger partial charge in [0.1, 0.15) is 5.60 Å². The molecule has 9 heteroatoms. The highest BCUT2D eigenvalue weighted by molar-refractivity contribution is 8.14. The molecule has 182 valence electrons. The number of carbonyl (C=O) groups is 3. The zero-order valence-corrected chi connectivity index (χ0v) is 21.8. The molecular formula is C24H36N4O4S. The number of thioether (sulfide) groups is 1. The van der Waals surface area contributed by atoms with Crippen molar-refractivity contribution in [2.24, 2.45) is 15.9 Å². The maximum atomic E-state index is 13.5. The van der Waals surface area contributed by atoms with Gasteiger partial charge in [-0.3, -0.25) is 9.59 Å². The second-order valence-corrected chi connectivity index (χ2v) is 12.4. The van der Waals surface area contributed by atoms with Crippen LogP contribution >= 0.6 is 11.8 Å². The van der Waals surface area contributed by atoms with Crippen LogP contribution in [0.5, 0.6) is 0 Å². The molecule has 8 nitrogen and oxygen atoms in total. The molecule has 1 aromatic carbocycles. The van der Waals surface area contributed by atoms with Crippen molar-refractivity contribution in [3.05, 3.63) is 35.9 Å². The van der Waals surface area contributed by atoms with Crippen LogP contribution in [0.3, 0.4) is 0 Å². The predicted molar refractivity (Wildman–Crippen MR) is 131 cm³/mol. The molecule has 1 heterocycles. The molecule has 1 aliphatic rings. The van der Waals surface area contributed by atoms with Gasteiger partial charge < -0.3 is 15.4 Å². The van der Waals surface area contributed by atoms with E-state index in [2.05, 4.69) is 15.7 Å². The average Bonchev–Trinajstić information content (AvgIpc) is 3.03. The van der Waals surface area contributed by atoms with Crippen molar-refractivity contribution in [2.45, 2.75) is 72.8 Å². The van der Waals surface area contributed by atoms with Gasteiger partial charge in [-0.15, -0.1) is 5.10 Å². The zero-order valence-electron chi connectivity index (χ0n) is 21.0. The summed E-state index contributed by atoms with van der Waals surface area (Å²) in [4.78, 5) is 37.6. The number of benzene rings is 1. The number of amides is 3. The van der Waals surface area contributed by atoms with Crippen LogP contribution in [0.15, 0.2) is 35.4 Å². The first kappa shape index (κ1) is 26.7. The van der Waals surface area contributed by atoms with Crippen molar-refractivity contribution in [1.82, 2.24) is 15.6 Å². The van der Waals surface area contributed by atoms with Gasteiger partial charge in [0.05, 0.1) is 6.54 Å². The molecule has 1 aliphatic heterocycles. The molecule has 0 radical (unpaired) electrons. The molecule has 0 aliphatic carbocycles. The third-order valence-corrected chi connectivity index (χ3v) is 5.90. The summed E-state index contributed by atoms with van der Waals surface area (Å²) in [7, 11) is 0. The van der Waals surface area contributed by atoms with Gasteiger partial charge in [-0.25, -0.2) is 9.80 Å². The zero-order chi connectivity index (χ0) is 25.2. The van der Waals surface area contributed by atoms with Crippen molar-refractivity contribution in [2.75, 3.05) is 6.54 Å². The quantitative estimate of drug-likeness (QED) is 0.673. The number of nitrogens with zero attached hydrogens (tertiary/aromatic N) is 2. The van der Waals surface area contributed by atoms with Gasteiger partial charge in [0, 0.05) is 10.8 Å². The number of hydrazone groups is 1. The normalized spacial score (nSPS) is 19.1. The first-order chi connectivity index (χ1) is 15.0. The number of nitrogens with one attached hydrogen (secondary N) is 2. The van der Waals surface area contributed by atoms with E-state index >= 15 is 0 Å². The molecule has 0 fully saturated rings. The Morgan fingerprint density at radius 1 is 0.970 bits per heavy atom. The van der Waals surface area contributed by atoms with Crippen molar-refractivity contribution in [3.63, 3.8) is 0 Å². The predicted octanol–water partition coefficient (Wildman–Crippen LogP) is 4.42. The Morgan fingerprint density at radius 3 is 2.03 bits per heavy atom. The van der Waals surface area contributed by atoms with Gasteiger partial charge in [-0.1, -0.05) is 71.9 Å². The molecular weight excluding hydrogens is 440 g/mol. The summed E-state index contributed by atoms with van der Waals surface area (Å²) in [5.74, 6) is -0.467. The van der Waals surface area contributed by atoms with Crippen LogP contribution < -0.4 is 10.6 Å². The molecule has 1 atom stereocenters. The highest BCUT2D eigenvalue weighted by atomic mass is 32.2. The van der Waals surface area contributed by atoms with E-state index in [4.69, 9.17) is 4.74 Å². The summed E-state index contributed by atoms with van der Waals surface area (Å²) in [6.07, 6.45) is -0.603. The van der Waals surface area contributed by atoms with E-state index in [0.717, 1.165) is 5.56 Å². The third-order valence-electron chi connectivity index (χ3n) is 4.63. The highest BCUT2D eigenvalue weighted by Crippen LogP contribution is 2.46. The fourth-order valence-electron chi connectivity index (χ4n) is 2.86. The van der Waals surface area contributed by atoms with E-state index in [9.17, 15) is 14.4 Å². The van der Waals surface area contributed by atoms with E-state index in [1.807, 2.05) is 30.3 Å². The topological polar surface area (TPSA) is 100 Å². The summed E-state index contributed by atoms with van der Waals surface area (Å²) < 4.78 is 5.41. The average molecular weight is 477 g/mol. The van der Waals surface area contributed by atoms with Crippen LogP contribution in [0.4, 0.5) is 4.79 Å². The lowest BCUT2D eigenvalue weighted by molar-refractivity contribution is -0.143. The lowest BCUT2D eigenvalue weighted by Crippen LogP contribution is -2.52. The van der Waals surface area contributed by atoms with Gasteiger partial charge in [-0.05, 0) is 38.1 Å². The number of alkyl carbamates (subject to hydrolysis) is 1. The van der Waals surface area contributed by atoms with Gasteiger partial charge in [0.25, 0.3) is 0 Å². The number of amidine groups is 1. The summed E-state index contributed by atoms with van der Waals surface area (Å²) in [6, 6.07) is 9.33. The van der Waals surface area contributed by atoms with Crippen molar-refractivity contribution < 1.29 is 19.1 Å². The van der Waals surface area contributed by atoms with Crippen LogP contribution in [0.25, 0.3) is 0 Å². The van der Waals surface area contributed by atoms with Crippen LogP contribution in [-0.4, -0.2) is 40.2 Å². The van der Waals surface area contributed by atoms with Gasteiger partial charge in [0.2, 0.25) is 11.8 Å². The third kappa shape index (κ3) is 6.72. The molecule has 3 amide bonds. The Kier molecular flexibility index (Phi) is 7.58. The highest BCUT2D eigenvalue weighted by Gasteiger charge is 2.51. The summed E-state index contributed by atoms with van der Waals surface area (Å²) in [5.41, 5.74) is -1.31. The van der Waals surface area contributed by atoms with E-state index < -0.39 is 27.4 Å². The summed E-state index contributed by atoms with van der Waals surface area (Å²) in [5, 5.41) is 11.8. The molecule has 33 heavy (non-hydrogen) atoms. The second-order valence-electron chi connectivity index (χ2n) is 11.1. The van der Waals surface area contributed by atoms with E-state index in [-0.39, 0.29) is 18.4 Å². The number of rotatable bonds is 3. The minimum Gasteiger partial charge on any atom is -0.444 e. The first-order valence-electron chi connectivity index (χ1n) is 10.9. The number of carbonyl (C=O) groups excluding carboxylic acids is 3. The lowest BCUT2D eigenvalue weighted by atomic mass is 9.93. The van der Waals surface area contributed by atoms with Crippen LogP contribution in [0, 0.1) is 10.8 Å². The Labute approximate surface area is 200 Å². The Hall–Kier alpha value is -2.55. The fourth-order valence-corrected chi connectivity index (χ4v) is 4.05. The monoisotopic (exact) mass is 476 g/mol. The standard InChI is InChI=1S/C24H36N4O4S/c1-21(2,3)17(29)26-19-27-28(18(30)22(4,5)6)24(33-19,16-13-11-10-12-14-16)15-25-20(31)32-23(7,8)9/h10-14H,15H2,1-9H3,(H,25,31)(H,26,27,29). The number of ether oxygens (including phenoxy) is 1. The minimum atomic E-state index is -1.11. The molecule has 0 saturated heterocycles. The van der Waals surface area contributed by atoms with E-state index in [1.165, 1.54) is 16.8 Å². The lowest BCUT2D eigenvalue weighted by Gasteiger charge is -2.38. The first-order valence-corrected chi connectivity index (χ1v) is 11.7. The largest absolute Gasteiger partial charge is 0.444 e. The van der Waals surface area contributed by atoms with Crippen LogP contribution in [0.2, 0.25) is 0 Å². The second kappa shape index (κ2) is 9.37. The molecule has 0 bridgehead atoms. The maximum absolute atomic E-state index is 13.5. The molecule has 1 unspecified atom stereocenters. The Morgan fingerprint density at radius 2 is 1.55 bits per heavy atom. The smallest absolute Gasteiger partial charge is 0.407 e. The molecule has 0 saturated carbocycles. The summed E-state index contributed by atoms with van der Waals surface area (Å²) >= 11 is 1.22. The van der Waals surface area contributed by atoms with Crippen molar-refractivity contribution in [3.8, 4) is 0 Å². The SMILES string of the molecule is CC(C)(C)OC(=O)NCC1(c2ccccc2)SC(NC(=O)C(C)(C)C)=NN1C(=O)C(C)(C)C. The van der Waals surface area contributed by atoms with Crippen LogP contribution in [-0.2, 0) is 19.2 Å². The molecule has 2 rings (SSSR count). The van der Waals surface area contributed by atoms with E-state index in [0.29, 0.717) is 5.17 Å². The molecule has 0 spiro atoms. The Bertz CT molecular complexity index is 927. The number of hydrogen-bond acceptors (Lipinski definition) is 6. The van der Waals surface area contributed by atoms with Gasteiger partial charge in [0.15, 0.2) is 10.0 Å². The van der Waals surface area contributed by atoms with Crippen LogP contribution in [0.1, 0.15) is 67.9 Å².